The van der Waals surface area contributed by atoms with Crippen molar-refractivity contribution in [1.82, 2.24) is 9.38 Å². The number of imidazole rings is 1. The molecule has 2 aromatic rings. The van der Waals surface area contributed by atoms with E-state index in [0.717, 1.165) is 25.7 Å². The van der Waals surface area contributed by atoms with Crippen LogP contribution in [-0.2, 0) is 0 Å². The fraction of sp³-hybridized carbons (Fsp3) is 0.500. The summed E-state index contributed by atoms with van der Waals surface area (Å²) in [5, 5.41) is 12.8. The third kappa shape index (κ3) is 1.76. The third-order valence-corrected chi connectivity index (χ3v) is 3.72. The lowest BCUT2D eigenvalue weighted by Gasteiger charge is -2.09. The van der Waals surface area contributed by atoms with Gasteiger partial charge in [-0.15, -0.1) is 0 Å². The van der Waals surface area contributed by atoms with Gasteiger partial charge >= 0.3 is 11.7 Å². The normalized spacial score (nSPS) is 16.7. The molecule has 0 aliphatic heterocycles. The van der Waals surface area contributed by atoms with E-state index in [2.05, 4.69) is 4.98 Å². The Morgan fingerprint density at radius 3 is 3.00 bits per heavy atom. The van der Waals surface area contributed by atoms with Gasteiger partial charge in [0.25, 0.3) is 4.96 Å². The molecular formula is C10H11N3O3S. The Balaban J connectivity index is 1.99. The van der Waals surface area contributed by atoms with Crippen LogP contribution in [0.5, 0.6) is 5.88 Å². The van der Waals surface area contributed by atoms with Crippen molar-refractivity contribution in [1.29, 1.82) is 0 Å². The molecule has 2 heterocycles. The molecule has 0 spiro atoms. The number of nitro groups is 1. The molecule has 0 unspecified atom stereocenters. The Kier molecular flexibility index (Phi) is 2.47. The molecule has 0 N–H and O–H groups in total. The van der Waals surface area contributed by atoms with Gasteiger partial charge in [0.1, 0.15) is 12.3 Å². The van der Waals surface area contributed by atoms with Crippen LogP contribution in [0.15, 0.2) is 11.6 Å². The van der Waals surface area contributed by atoms with E-state index in [1.807, 2.05) is 0 Å². The van der Waals surface area contributed by atoms with E-state index in [0.29, 0.717) is 4.96 Å². The van der Waals surface area contributed by atoms with Gasteiger partial charge in [-0.05, 0) is 30.6 Å². The van der Waals surface area contributed by atoms with Crippen molar-refractivity contribution in [3.05, 3.63) is 21.7 Å². The smallest absolute Gasteiger partial charge is 0.393 e. The average molecular weight is 253 g/mol. The Morgan fingerprint density at radius 2 is 2.29 bits per heavy atom. The molecule has 1 saturated carbocycles. The Bertz CT molecular complexity index is 556. The van der Waals surface area contributed by atoms with Gasteiger partial charge in [-0.2, -0.15) is 9.38 Å². The van der Waals surface area contributed by atoms with E-state index >= 15 is 0 Å². The number of hydrogen-bond donors (Lipinski definition) is 0. The number of hydrogen-bond acceptors (Lipinski definition) is 5. The average Bonchev–Trinajstić information content (AvgIpc) is 2.92. The molecule has 0 atom stereocenters. The number of thiazole rings is 1. The van der Waals surface area contributed by atoms with Gasteiger partial charge in [0.05, 0.1) is 0 Å². The lowest BCUT2D eigenvalue weighted by Crippen LogP contribution is -2.12. The highest BCUT2D eigenvalue weighted by Gasteiger charge is 2.28. The molecule has 2 aromatic heterocycles. The Hall–Kier alpha value is -1.63. The van der Waals surface area contributed by atoms with Gasteiger partial charge in [-0.1, -0.05) is 11.3 Å². The number of nitrogens with zero attached hydrogens (tertiary/aromatic N) is 3. The molecule has 0 aromatic carbocycles. The van der Waals surface area contributed by atoms with Crippen LogP contribution in [0.25, 0.3) is 4.96 Å². The predicted octanol–water partition coefficient (Wildman–Crippen LogP) is 2.63. The van der Waals surface area contributed by atoms with E-state index < -0.39 is 4.92 Å². The predicted molar refractivity (Wildman–Crippen MR) is 62.6 cm³/mol. The van der Waals surface area contributed by atoms with E-state index in [9.17, 15) is 10.1 Å². The third-order valence-electron chi connectivity index (χ3n) is 2.96. The Morgan fingerprint density at radius 1 is 1.53 bits per heavy atom. The molecule has 0 bridgehead atoms. The minimum atomic E-state index is -0.434. The van der Waals surface area contributed by atoms with Crippen molar-refractivity contribution in [2.45, 2.75) is 31.8 Å². The summed E-state index contributed by atoms with van der Waals surface area (Å²) < 4.78 is 7.11. The summed E-state index contributed by atoms with van der Waals surface area (Å²) in [6.07, 6.45) is 5.90. The molecule has 1 aliphatic carbocycles. The minimum Gasteiger partial charge on any atom is -0.468 e. The minimum absolute atomic E-state index is 0.0619. The van der Waals surface area contributed by atoms with E-state index in [1.54, 1.807) is 11.6 Å². The first-order chi connectivity index (χ1) is 8.25. The maximum absolute atomic E-state index is 11.0. The SMILES string of the molecule is O=[N+]([O-])c1c(OC2CCCC2)nc2sccn12. The zero-order chi connectivity index (χ0) is 11.8. The maximum Gasteiger partial charge on any atom is 0.393 e. The molecule has 90 valence electrons. The fourth-order valence-electron chi connectivity index (χ4n) is 2.16. The molecule has 6 nitrogen and oxygen atoms in total. The van der Waals surface area contributed by atoms with Gasteiger partial charge in [-0.3, -0.25) is 0 Å². The van der Waals surface area contributed by atoms with Crippen molar-refractivity contribution in [3.63, 3.8) is 0 Å². The van der Waals surface area contributed by atoms with Gasteiger partial charge in [0.2, 0.25) is 0 Å². The molecule has 0 radical (unpaired) electrons. The fourth-order valence-corrected chi connectivity index (χ4v) is 2.86. The summed E-state index contributed by atoms with van der Waals surface area (Å²) >= 11 is 1.37. The molecule has 0 amide bonds. The number of fused-ring (bicyclic) bond motifs is 1. The van der Waals surface area contributed by atoms with Crippen LogP contribution >= 0.6 is 11.3 Å². The van der Waals surface area contributed by atoms with Crippen LogP contribution in [0.4, 0.5) is 5.82 Å². The molecule has 1 fully saturated rings. The lowest BCUT2D eigenvalue weighted by molar-refractivity contribution is -0.391. The highest BCUT2D eigenvalue weighted by Crippen LogP contribution is 2.33. The lowest BCUT2D eigenvalue weighted by atomic mass is 10.3. The van der Waals surface area contributed by atoms with Crippen LogP contribution in [0, 0.1) is 10.1 Å². The van der Waals surface area contributed by atoms with Crippen molar-refractivity contribution in [2.75, 3.05) is 0 Å². The van der Waals surface area contributed by atoms with Crippen LogP contribution < -0.4 is 4.74 Å². The molecule has 17 heavy (non-hydrogen) atoms. The number of rotatable bonds is 3. The van der Waals surface area contributed by atoms with Gasteiger partial charge in [0, 0.05) is 5.38 Å². The second-order valence-electron chi connectivity index (χ2n) is 4.08. The highest BCUT2D eigenvalue weighted by atomic mass is 32.1. The van der Waals surface area contributed by atoms with E-state index in [4.69, 9.17) is 4.74 Å². The van der Waals surface area contributed by atoms with Crippen molar-refractivity contribution in [2.24, 2.45) is 0 Å². The molecule has 0 saturated heterocycles. The second-order valence-corrected chi connectivity index (χ2v) is 4.95. The maximum atomic E-state index is 11.0. The monoisotopic (exact) mass is 253 g/mol. The van der Waals surface area contributed by atoms with Crippen LogP contribution in [0.1, 0.15) is 25.7 Å². The standard InChI is InChI=1S/C10H11N3O3S/c14-13(15)9-8(16-7-3-1-2-4-7)11-10-12(9)5-6-17-10/h5-7H,1-4H2. The number of ether oxygens (including phenoxy) is 1. The summed E-state index contributed by atoms with van der Waals surface area (Å²) in [4.78, 5) is 15.4. The zero-order valence-electron chi connectivity index (χ0n) is 9.04. The van der Waals surface area contributed by atoms with E-state index in [-0.39, 0.29) is 17.8 Å². The largest absolute Gasteiger partial charge is 0.468 e. The van der Waals surface area contributed by atoms with E-state index in [1.165, 1.54) is 15.7 Å². The van der Waals surface area contributed by atoms with Crippen LogP contribution in [-0.4, -0.2) is 20.4 Å². The van der Waals surface area contributed by atoms with Crippen LogP contribution in [0.3, 0.4) is 0 Å². The summed E-state index contributed by atoms with van der Waals surface area (Å²) in [6.45, 7) is 0. The van der Waals surface area contributed by atoms with Gasteiger partial charge in [-0.25, -0.2) is 0 Å². The molecule has 3 rings (SSSR count). The highest BCUT2D eigenvalue weighted by molar-refractivity contribution is 7.15. The zero-order valence-corrected chi connectivity index (χ0v) is 9.85. The summed E-state index contributed by atoms with van der Waals surface area (Å²) in [7, 11) is 0. The van der Waals surface area contributed by atoms with Crippen molar-refractivity contribution in [3.8, 4) is 5.88 Å². The molecule has 1 aliphatic rings. The first-order valence-electron chi connectivity index (χ1n) is 5.52. The van der Waals surface area contributed by atoms with Crippen LogP contribution in [0.2, 0.25) is 0 Å². The quantitative estimate of drug-likeness (QED) is 0.622. The number of aromatic nitrogens is 2. The second kappa shape index (κ2) is 3.99. The summed E-state index contributed by atoms with van der Waals surface area (Å²) in [6, 6.07) is 0. The van der Waals surface area contributed by atoms with Crippen molar-refractivity contribution < 1.29 is 9.66 Å². The van der Waals surface area contributed by atoms with Gasteiger partial charge < -0.3 is 14.9 Å². The van der Waals surface area contributed by atoms with Gasteiger partial charge in [0.15, 0.2) is 0 Å². The summed E-state index contributed by atoms with van der Waals surface area (Å²) in [5.74, 6) is 0.0990. The first kappa shape index (κ1) is 10.5. The first-order valence-corrected chi connectivity index (χ1v) is 6.40. The molecular weight excluding hydrogens is 242 g/mol. The summed E-state index contributed by atoms with van der Waals surface area (Å²) in [5.41, 5.74) is 0. The van der Waals surface area contributed by atoms with Crippen molar-refractivity contribution >= 4 is 22.1 Å². The topological polar surface area (TPSA) is 69.7 Å². The molecule has 7 heteroatoms. The Labute approximate surface area is 101 Å².